The summed E-state index contributed by atoms with van der Waals surface area (Å²) in [6, 6.07) is 0. The summed E-state index contributed by atoms with van der Waals surface area (Å²) in [4.78, 5) is 15.3. The third kappa shape index (κ3) is 7.76. The average molecular weight is 253 g/mol. The number of aliphatic imine (C=N–C) groups is 1. The molecule has 0 rings (SSSR count). The van der Waals surface area contributed by atoms with E-state index >= 15 is 0 Å². The number of nitrogens with zero attached hydrogens (tertiary/aromatic N) is 1. The molecule has 2 N–H and O–H groups in total. The van der Waals surface area contributed by atoms with Crippen LogP contribution in [0.1, 0.15) is 20.8 Å². The Hall–Kier alpha value is -1.46. The van der Waals surface area contributed by atoms with Crippen LogP contribution in [0.5, 0.6) is 0 Å². The van der Waals surface area contributed by atoms with Gasteiger partial charge in [-0.3, -0.25) is 9.79 Å². The maximum atomic E-state index is 11.7. The second-order valence-corrected chi connectivity index (χ2v) is 4.46. The van der Waals surface area contributed by atoms with Crippen LogP contribution in [0.15, 0.2) is 29.0 Å². The summed E-state index contributed by atoms with van der Waals surface area (Å²) in [5, 5.41) is 5.88. The molecule has 0 aliphatic heterocycles. The highest BCUT2D eigenvalue weighted by molar-refractivity contribution is 5.80. The maximum Gasteiger partial charge on any atom is 0.238 e. The molecular weight excluding hydrogens is 230 g/mol. The van der Waals surface area contributed by atoms with E-state index in [0.717, 1.165) is 0 Å². The molecular formula is C13H23N3O2. The highest BCUT2D eigenvalue weighted by Gasteiger charge is 2.17. The van der Waals surface area contributed by atoms with Crippen LogP contribution in [0.3, 0.4) is 0 Å². The molecule has 0 spiro atoms. The normalized spacial score (nSPS) is 12.8. The highest BCUT2D eigenvalue weighted by Crippen LogP contribution is 2.01. The zero-order valence-corrected chi connectivity index (χ0v) is 11.6. The Labute approximate surface area is 109 Å². The van der Waals surface area contributed by atoms with Gasteiger partial charge in [0.05, 0.1) is 13.2 Å². The lowest BCUT2D eigenvalue weighted by Gasteiger charge is -2.25. The molecule has 0 heterocycles. The minimum Gasteiger partial charge on any atom is -0.383 e. The highest BCUT2D eigenvalue weighted by atomic mass is 16.5. The Morgan fingerprint density at radius 2 is 2.17 bits per heavy atom. The van der Waals surface area contributed by atoms with E-state index in [1.165, 1.54) is 6.20 Å². The Morgan fingerprint density at radius 3 is 2.67 bits per heavy atom. The SMILES string of the molecule is C=N/C=C\C(=C/C)NC(=O)CNC(C)(C)COC. The second-order valence-electron chi connectivity index (χ2n) is 4.46. The standard InChI is InChI=1S/C13H23N3O2/c1-6-11(7-8-14-4)16-12(17)9-15-13(2,3)10-18-5/h6-8,15H,4,9-10H2,1-3,5H3,(H,16,17)/b8-7-,11-6+. The molecule has 1 amide bonds. The first-order valence-electron chi connectivity index (χ1n) is 5.77. The van der Waals surface area contributed by atoms with Crippen LogP contribution in [-0.4, -0.2) is 38.4 Å². The van der Waals surface area contributed by atoms with Crippen LogP contribution in [0.2, 0.25) is 0 Å². The fourth-order valence-electron chi connectivity index (χ4n) is 1.28. The lowest BCUT2D eigenvalue weighted by Crippen LogP contribution is -2.47. The third-order valence-corrected chi connectivity index (χ3v) is 2.19. The van der Waals surface area contributed by atoms with Crippen LogP contribution < -0.4 is 10.6 Å². The van der Waals surface area contributed by atoms with Crippen LogP contribution in [-0.2, 0) is 9.53 Å². The summed E-state index contributed by atoms with van der Waals surface area (Å²) in [6.45, 7) is 9.88. The van der Waals surface area contributed by atoms with E-state index in [-0.39, 0.29) is 18.0 Å². The Balaban J connectivity index is 4.19. The van der Waals surface area contributed by atoms with Crippen molar-refractivity contribution in [2.24, 2.45) is 4.99 Å². The van der Waals surface area contributed by atoms with Crippen molar-refractivity contribution < 1.29 is 9.53 Å². The summed E-state index contributed by atoms with van der Waals surface area (Å²) < 4.78 is 5.06. The van der Waals surface area contributed by atoms with Gasteiger partial charge >= 0.3 is 0 Å². The molecule has 0 fully saturated rings. The van der Waals surface area contributed by atoms with Gasteiger partial charge in [0.1, 0.15) is 0 Å². The molecule has 0 radical (unpaired) electrons. The summed E-state index contributed by atoms with van der Waals surface area (Å²) in [5.74, 6) is -0.110. The molecule has 0 unspecified atom stereocenters. The van der Waals surface area contributed by atoms with Gasteiger partial charge in [-0.15, -0.1) is 0 Å². The van der Waals surface area contributed by atoms with E-state index in [1.807, 2.05) is 20.8 Å². The van der Waals surface area contributed by atoms with Gasteiger partial charge in [-0.05, 0) is 33.6 Å². The quantitative estimate of drug-likeness (QED) is 0.505. The largest absolute Gasteiger partial charge is 0.383 e. The molecule has 0 aliphatic rings. The van der Waals surface area contributed by atoms with Crippen LogP contribution >= 0.6 is 0 Å². The van der Waals surface area contributed by atoms with Gasteiger partial charge in [0.2, 0.25) is 5.91 Å². The number of methoxy groups -OCH3 is 1. The molecule has 0 aromatic heterocycles. The monoisotopic (exact) mass is 253 g/mol. The number of allylic oxidation sites excluding steroid dienone is 2. The first kappa shape index (κ1) is 16.5. The number of ether oxygens (including phenoxy) is 1. The zero-order valence-electron chi connectivity index (χ0n) is 11.6. The molecule has 0 bridgehead atoms. The first-order valence-corrected chi connectivity index (χ1v) is 5.77. The first-order chi connectivity index (χ1) is 8.45. The van der Waals surface area contributed by atoms with E-state index in [2.05, 4.69) is 22.3 Å². The fraction of sp³-hybridized carbons (Fsp3) is 0.538. The minimum absolute atomic E-state index is 0.110. The van der Waals surface area contributed by atoms with Crippen molar-refractivity contribution in [3.05, 3.63) is 24.0 Å². The van der Waals surface area contributed by atoms with Gasteiger partial charge in [-0.2, -0.15) is 0 Å². The van der Waals surface area contributed by atoms with Gasteiger partial charge in [-0.25, -0.2) is 0 Å². The fourth-order valence-corrected chi connectivity index (χ4v) is 1.28. The van der Waals surface area contributed by atoms with E-state index < -0.39 is 0 Å². The number of carbonyl (C=O) groups is 1. The number of hydrogen-bond acceptors (Lipinski definition) is 4. The Kier molecular flexibility index (Phi) is 7.91. The summed E-state index contributed by atoms with van der Waals surface area (Å²) in [7, 11) is 1.63. The van der Waals surface area contributed by atoms with Gasteiger partial charge in [0, 0.05) is 24.5 Å². The van der Waals surface area contributed by atoms with Crippen molar-refractivity contribution in [3.63, 3.8) is 0 Å². The summed E-state index contributed by atoms with van der Waals surface area (Å²) in [6.07, 6.45) is 5.00. The van der Waals surface area contributed by atoms with Crippen molar-refractivity contribution in [1.29, 1.82) is 0 Å². The van der Waals surface area contributed by atoms with Crippen molar-refractivity contribution >= 4 is 12.6 Å². The predicted octanol–water partition coefficient (Wildman–Crippen LogP) is 1.24. The molecule has 5 heteroatoms. The maximum absolute atomic E-state index is 11.7. The van der Waals surface area contributed by atoms with Gasteiger partial charge < -0.3 is 15.4 Å². The molecule has 0 atom stereocenters. The summed E-state index contributed by atoms with van der Waals surface area (Å²) in [5.41, 5.74) is 0.458. The second kappa shape index (κ2) is 8.60. The van der Waals surface area contributed by atoms with Crippen molar-refractivity contribution in [3.8, 4) is 0 Å². The molecule has 0 aromatic carbocycles. The molecule has 5 nitrogen and oxygen atoms in total. The molecule has 0 aromatic rings. The smallest absolute Gasteiger partial charge is 0.238 e. The van der Waals surface area contributed by atoms with Crippen LogP contribution in [0.4, 0.5) is 0 Å². The topological polar surface area (TPSA) is 62.7 Å². The molecule has 0 aliphatic carbocycles. The number of rotatable bonds is 8. The van der Waals surface area contributed by atoms with Crippen LogP contribution in [0.25, 0.3) is 0 Å². The van der Waals surface area contributed by atoms with Crippen molar-refractivity contribution in [2.75, 3.05) is 20.3 Å². The number of carbonyl (C=O) groups excluding carboxylic acids is 1. The van der Waals surface area contributed by atoms with Gasteiger partial charge in [0.15, 0.2) is 0 Å². The lowest BCUT2D eigenvalue weighted by atomic mass is 10.1. The molecule has 0 saturated carbocycles. The number of nitrogens with one attached hydrogen (secondary N) is 2. The molecule has 102 valence electrons. The average Bonchev–Trinajstić information content (AvgIpc) is 2.32. The third-order valence-electron chi connectivity index (χ3n) is 2.19. The van der Waals surface area contributed by atoms with Gasteiger partial charge in [0.25, 0.3) is 0 Å². The zero-order chi connectivity index (χ0) is 14.0. The molecule has 18 heavy (non-hydrogen) atoms. The predicted molar refractivity (Wildman–Crippen MR) is 74.5 cm³/mol. The summed E-state index contributed by atoms with van der Waals surface area (Å²) >= 11 is 0. The number of hydrogen-bond donors (Lipinski definition) is 2. The van der Waals surface area contributed by atoms with E-state index in [0.29, 0.717) is 12.3 Å². The van der Waals surface area contributed by atoms with Crippen molar-refractivity contribution in [1.82, 2.24) is 10.6 Å². The minimum atomic E-state index is -0.235. The lowest BCUT2D eigenvalue weighted by molar-refractivity contribution is -0.119. The molecule has 0 saturated heterocycles. The van der Waals surface area contributed by atoms with E-state index in [1.54, 1.807) is 19.3 Å². The Bertz CT molecular complexity index is 333. The number of amides is 1. The van der Waals surface area contributed by atoms with Crippen LogP contribution in [0, 0.1) is 0 Å². The van der Waals surface area contributed by atoms with Gasteiger partial charge in [-0.1, -0.05) is 6.08 Å². The van der Waals surface area contributed by atoms with E-state index in [9.17, 15) is 4.79 Å². The Morgan fingerprint density at radius 1 is 1.50 bits per heavy atom. The van der Waals surface area contributed by atoms with Crippen molar-refractivity contribution in [2.45, 2.75) is 26.3 Å². The van der Waals surface area contributed by atoms with E-state index in [4.69, 9.17) is 4.74 Å².